The van der Waals surface area contributed by atoms with Crippen molar-refractivity contribution in [1.29, 1.82) is 0 Å². The lowest BCUT2D eigenvalue weighted by Crippen LogP contribution is -2.31. The second kappa shape index (κ2) is 10.9. The number of fused-ring (bicyclic) bond motifs is 1. The average molecular weight is 413 g/mol. The van der Waals surface area contributed by atoms with Gasteiger partial charge in [0.25, 0.3) is 5.56 Å². The standard InChI is InChI=1S/C10H8BrNO2.C6H11NO2.C2H6/c1-14-9-4-6-2-3-12-10(13)7(6)5-8(9)11;1-9-6(8)5-3-2-4-7-5;1-2/h2-5H,1H3,(H,12,13);5,7H,2-4H2,1H3;1-2H3. The Morgan fingerprint density at radius 1 is 1.28 bits per heavy atom. The molecular formula is C18H25BrN2O4. The number of hydrogen-bond donors (Lipinski definition) is 2. The number of nitrogens with one attached hydrogen (secondary N) is 2. The third-order valence-electron chi connectivity index (χ3n) is 3.59. The number of pyridine rings is 1. The molecule has 0 spiro atoms. The predicted octanol–water partition coefficient (Wildman–Crippen LogP) is 3.24. The second-order valence-electron chi connectivity index (χ2n) is 5.05. The lowest BCUT2D eigenvalue weighted by Gasteiger charge is -2.04. The van der Waals surface area contributed by atoms with E-state index in [0.717, 1.165) is 35.0 Å². The number of carbonyl (C=O) groups excluding carboxylic acids is 1. The molecule has 1 fully saturated rings. The number of aromatic amines is 1. The van der Waals surface area contributed by atoms with Crippen LogP contribution in [0.1, 0.15) is 26.7 Å². The average Bonchev–Trinajstić information content (AvgIpc) is 3.18. The van der Waals surface area contributed by atoms with Crippen molar-refractivity contribution in [3.05, 3.63) is 39.2 Å². The maximum atomic E-state index is 11.4. The molecule has 0 radical (unpaired) electrons. The van der Waals surface area contributed by atoms with Crippen LogP contribution in [-0.4, -0.2) is 37.8 Å². The van der Waals surface area contributed by atoms with Crippen molar-refractivity contribution in [2.45, 2.75) is 32.7 Å². The van der Waals surface area contributed by atoms with Crippen LogP contribution in [0.25, 0.3) is 10.8 Å². The highest BCUT2D eigenvalue weighted by Crippen LogP contribution is 2.28. The summed E-state index contributed by atoms with van der Waals surface area (Å²) in [6, 6.07) is 5.39. The maximum Gasteiger partial charge on any atom is 0.322 e. The molecule has 2 aromatic rings. The highest BCUT2D eigenvalue weighted by atomic mass is 79.9. The van der Waals surface area contributed by atoms with Crippen molar-refractivity contribution < 1.29 is 14.3 Å². The molecule has 0 bridgehead atoms. The van der Waals surface area contributed by atoms with E-state index in [0.29, 0.717) is 5.39 Å². The summed E-state index contributed by atoms with van der Waals surface area (Å²) in [5, 5.41) is 4.55. The summed E-state index contributed by atoms with van der Waals surface area (Å²) >= 11 is 3.33. The van der Waals surface area contributed by atoms with Crippen molar-refractivity contribution in [2.24, 2.45) is 0 Å². The van der Waals surface area contributed by atoms with Gasteiger partial charge < -0.3 is 19.8 Å². The minimum absolute atomic E-state index is 0.0324. The van der Waals surface area contributed by atoms with E-state index < -0.39 is 0 Å². The number of benzene rings is 1. The van der Waals surface area contributed by atoms with Crippen LogP contribution < -0.4 is 15.6 Å². The third kappa shape index (κ3) is 5.86. The quantitative estimate of drug-likeness (QED) is 0.739. The number of hydrogen-bond acceptors (Lipinski definition) is 5. The van der Waals surface area contributed by atoms with E-state index in [-0.39, 0.29) is 17.6 Å². The summed E-state index contributed by atoms with van der Waals surface area (Å²) in [5.74, 6) is 0.593. The summed E-state index contributed by atoms with van der Waals surface area (Å²) in [7, 11) is 3.02. The molecule has 1 atom stereocenters. The van der Waals surface area contributed by atoms with E-state index in [4.69, 9.17) is 4.74 Å². The van der Waals surface area contributed by atoms with Crippen molar-refractivity contribution in [2.75, 3.05) is 20.8 Å². The molecule has 1 saturated heterocycles. The fraction of sp³-hybridized carbons (Fsp3) is 0.444. The van der Waals surface area contributed by atoms with Gasteiger partial charge in [-0.05, 0) is 58.9 Å². The lowest BCUT2D eigenvalue weighted by atomic mass is 10.2. The van der Waals surface area contributed by atoms with Crippen LogP contribution in [0.3, 0.4) is 0 Å². The van der Waals surface area contributed by atoms with E-state index in [9.17, 15) is 9.59 Å². The Labute approximate surface area is 156 Å². The summed E-state index contributed by atoms with van der Waals surface area (Å²) in [5.41, 5.74) is -0.0918. The Bertz CT molecular complexity index is 739. The summed E-state index contributed by atoms with van der Waals surface area (Å²) < 4.78 is 10.4. The molecule has 25 heavy (non-hydrogen) atoms. The van der Waals surface area contributed by atoms with Gasteiger partial charge in [-0.1, -0.05) is 13.8 Å². The molecule has 3 rings (SSSR count). The number of ether oxygens (including phenoxy) is 2. The van der Waals surface area contributed by atoms with Gasteiger partial charge in [0.15, 0.2) is 0 Å². The monoisotopic (exact) mass is 412 g/mol. The molecule has 1 aliphatic rings. The van der Waals surface area contributed by atoms with Crippen LogP contribution in [0.2, 0.25) is 0 Å². The molecule has 7 heteroatoms. The number of H-pyrrole nitrogens is 1. The van der Waals surface area contributed by atoms with Crippen LogP contribution in [-0.2, 0) is 9.53 Å². The van der Waals surface area contributed by atoms with Crippen LogP contribution in [0, 0.1) is 0 Å². The molecular weight excluding hydrogens is 388 g/mol. The zero-order chi connectivity index (χ0) is 18.8. The van der Waals surface area contributed by atoms with E-state index in [1.807, 2.05) is 26.0 Å². The van der Waals surface area contributed by atoms with Crippen molar-refractivity contribution >= 4 is 32.7 Å². The van der Waals surface area contributed by atoms with Gasteiger partial charge in [-0.25, -0.2) is 0 Å². The van der Waals surface area contributed by atoms with Gasteiger partial charge in [0.1, 0.15) is 11.8 Å². The Hall–Kier alpha value is -1.86. The molecule has 0 aliphatic carbocycles. The van der Waals surface area contributed by atoms with Gasteiger partial charge in [0.2, 0.25) is 0 Å². The minimum Gasteiger partial charge on any atom is -0.496 e. The molecule has 1 aromatic heterocycles. The van der Waals surface area contributed by atoms with Crippen LogP contribution in [0.4, 0.5) is 0 Å². The summed E-state index contributed by atoms with van der Waals surface area (Å²) in [6.45, 7) is 4.94. The minimum atomic E-state index is -0.132. The molecule has 1 aliphatic heterocycles. The van der Waals surface area contributed by atoms with Gasteiger partial charge in [0, 0.05) is 11.6 Å². The van der Waals surface area contributed by atoms with E-state index in [1.165, 1.54) is 7.11 Å². The van der Waals surface area contributed by atoms with Gasteiger partial charge >= 0.3 is 5.97 Å². The van der Waals surface area contributed by atoms with Crippen LogP contribution >= 0.6 is 15.9 Å². The number of aromatic nitrogens is 1. The van der Waals surface area contributed by atoms with E-state index in [1.54, 1.807) is 19.4 Å². The van der Waals surface area contributed by atoms with E-state index >= 15 is 0 Å². The zero-order valence-corrected chi connectivity index (χ0v) is 16.6. The maximum absolute atomic E-state index is 11.4. The van der Waals surface area contributed by atoms with Gasteiger partial charge in [-0.3, -0.25) is 9.59 Å². The first-order chi connectivity index (χ1) is 12.1. The van der Waals surface area contributed by atoms with Gasteiger partial charge in [-0.15, -0.1) is 0 Å². The first kappa shape index (κ1) is 21.2. The third-order valence-corrected chi connectivity index (χ3v) is 4.21. The second-order valence-corrected chi connectivity index (χ2v) is 5.91. The fourth-order valence-corrected chi connectivity index (χ4v) is 2.88. The highest BCUT2D eigenvalue weighted by Gasteiger charge is 2.21. The van der Waals surface area contributed by atoms with Gasteiger partial charge in [-0.2, -0.15) is 0 Å². The van der Waals surface area contributed by atoms with Crippen molar-refractivity contribution in [1.82, 2.24) is 10.3 Å². The zero-order valence-electron chi connectivity index (χ0n) is 15.0. The van der Waals surface area contributed by atoms with Crippen molar-refractivity contribution in [3.63, 3.8) is 0 Å². The molecule has 2 N–H and O–H groups in total. The summed E-state index contributed by atoms with van der Waals surface area (Å²) in [4.78, 5) is 24.8. The number of halogens is 1. The normalized spacial score (nSPS) is 15.5. The van der Waals surface area contributed by atoms with E-state index in [2.05, 4.69) is 31.0 Å². The van der Waals surface area contributed by atoms with Crippen LogP contribution in [0.15, 0.2) is 33.7 Å². The fourth-order valence-electron chi connectivity index (χ4n) is 2.37. The highest BCUT2D eigenvalue weighted by molar-refractivity contribution is 9.10. The number of carbonyl (C=O) groups is 1. The SMILES string of the molecule is CC.COC(=O)C1CCCN1.COc1cc2cc[nH]c(=O)c2cc1Br. The van der Waals surface area contributed by atoms with Gasteiger partial charge in [0.05, 0.1) is 18.7 Å². The summed E-state index contributed by atoms with van der Waals surface area (Å²) in [6.07, 6.45) is 3.63. The molecule has 1 unspecified atom stereocenters. The molecule has 6 nitrogen and oxygen atoms in total. The number of esters is 1. The Morgan fingerprint density at radius 2 is 2.00 bits per heavy atom. The molecule has 0 saturated carbocycles. The first-order valence-electron chi connectivity index (χ1n) is 8.23. The Kier molecular flexibility index (Phi) is 9.23. The molecule has 0 amide bonds. The first-order valence-corrected chi connectivity index (χ1v) is 9.02. The van der Waals surface area contributed by atoms with Crippen LogP contribution in [0.5, 0.6) is 5.75 Å². The topological polar surface area (TPSA) is 80.4 Å². The molecule has 2 heterocycles. The molecule has 138 valence electrons. The smallest absolute Gasteiger partial charge is 0.322 e. The number of methoxy groups -OCH3 is 2. The largest absolute Gasteiger partial charge is 0.496 e. The Balaban J connectivity index is 0.000000246. The lowest BCUT2D eigenvalue weighted by molar-refractivity contribution is -0.142. The van der Waals surface area contributed by atoms with Crippen molar-refractivity contribution in [3.8, 4) is 5.75 Å². The Morgan fingerprint density at radius 3 is 2.56 bits per heavy atom. The predicted molar refractivity (Wildman–Crippen MR) is 103 cm³/mol. The number of rotatable bonds is 2. The molecule has 1 aromatic carbocycles.